The number of carbonyl (C=O) groups is 1. The van der Waals surface area contributed by atoms with Gasteiger partial charge in [0.1, 0.15) is 0 Å². The van der Waals surface area contributed by atoms with Crippen molar-refractivity contribution >= 4 is 56.7 Å². The highest BCUT2D eigenvalue weighted by Crippen LogP contribution is 2.39. The van der Waals surface area contributed by atoms with E-state index in [1.807, 2.05) is 24.3 Å². The van der Waals surface area contributed by atoms with Crippen molar-refractivity contribution in [3.63, 3.8) is 0 Å². The Hall–Kier alpha value is -0.790. The summed E-state index contributed by atoms with van der Waals surface area (Å²) in [4.78, 5) is 15.7. The minimum absolute atomic E-state index is 0.0614. The zero-order valence-electron chi connectivity index (χ0n) is 9.12. The number of halogens is 1. The average Bonchev–Trinajstić information content (AvgIpc) is 2.91. The van der Waals surface area contributed by atoms with Crippen LogP contribution in [0.4, 0.5) is 0 Å². The van der Waals surface area contributed by atoms with Crippen LogP contribution in [0, 0.1) is 0 Å². The molecule has 1 amide bonds. The van der Waals surface area contributed by atoms with Crippen LogP contribution in [-0.4, -0.2) is 32.8 Å². The van der Waals surface area contributed by atoms with Gasteiger partial charge in [0, 0.05) is 10.7 Å². The highest BCUT2D eigenvalue weighted by molar-refractivity contribution is 9.10. The van der Waals surface area contributed by atoms with Crippen LogP contribution < -0.4 is 0 Å². The summed E-state index contributed by atoms with van der Waals surface area (Å²) in [7, 11) is 0. The number of hydrogen-bond donors (Lipinski definition) is 0. The Morgan fingerprint density at radius 1 is 1.44 bits per heavy atom. The first-order chi connectivity index (χ1) is 8.72. The summed E-state index contributed by atoms with van der Waals surface area (Å²) in [5, 5.41) is 6.36. The van der Waals surface area contributed by atoms with E-state index < -0.39 is 0 Å². The first-order valence-corrected chi connectivity index (χ1v) is 7.93. The van der Waals surface area contributed by atoms with Crippen molar-refractivity contribution in [2.75, 3.05) is 5.75 Å². The monoisotopic (exact) mass is 341 g/mol. The van der Waals surface area contributed by atoms with Crippen molar-refractivity contribution in [3.05, 3.63) is 34.3 Å². The third-order valence-corrected chi connectivity index (χ3v) is 5.32. The molecule has 1 fully saturated rings. The van der Waals surface area contributed by atoms with E-state index in [2.05, 4.69) is 26.0 Å². The molecular weight excluding hydrogens is 334 g/mol. The molecule has 0 bridgehead atoms. The van der Waals surface area contributed by atoms with Gasteiger partial charge in [-0.05, 0) is 29.5 Å². The van der Waals surface area contributed by atoms with Crippen molar-refractivity contribution in [1.82, 2.24) is 5.01 Å². The smallest absolute Gasteiger partial charge is 0.254 e. The molecule has 0 radical (unpaired) electrons. The summed E-state index contributed by atoms with van der Waals surface area (Å²) in [5.41, 5.74) is 1.01. The van der Waals surface area contributed by atoms with Crippen LogP contribution in [0.2, 0.25) is 0 Å². The molecule has 0 spiro atoms. The minimum atomic E-state index is 0.0614. The van der Waals surface area contributed by atoms with E-state index >= 15 is 0 Å². The van der Waals surface area contributed by atoms with Gasteiger partial charge < -0.3 is 0 Å². The molecule has 2 heterocycles. The van der Waals surface area contributed by atoms with Gasteiger partial charge in [-0.2, -0.15) is 0 Å². The lowest BCUT2D eigenvalue weighted by molar-refractivity contribution is -0.126. The molecule has 0 aliphatic carbocycles. The van der Waals surface area contributed by atoms with Gasteiger partial charge in [0.25, 0.3) is 5.91 Å². The molecule has 4 nitrogen and oxygen atoms in total. The van der Waals surface area contributed by atoms with Crippen molar-refractivity contribution in [2.45, 2.75) is 4.71 Å². The lowest BCUT2D eigenvalue weighted by Gasteiger charge is -2.06. The van der Waals surface area contributed by atoms with E-state index in [0.717, 1.165) is 10.0 Å². The summed E-state index contributed by atoms with van der Waals surface area (Å²) in [6, 6.07) is 7.86. The predicted molar refractivity (Wildman–Crippen MR) is 79.9 cm³/mol. The van der Waals surface area contributed by atoms with Crippen molar-refractivity contribution < 1.29 is 4.79 Å². The van der Waals surface area contributed by atoms with Crippen molar-refractivity contribution in [3.8, 4) is 0 Å². The van der Waals surface area contributed by atoms with Gasteiger partial charge in [-0.15, -0.1) is 16.9 Å². The fraction of sp³-hybridized carbons (Fsp3) is 0.182. The second kappa shape index (κ2) is 5.07. The van der Waals surface area contributed by atoms with E-state index in [1.165, 1.54) is 16.8 Å². The molecule has 1 aromatic rings. The van der Waals surface area contributed by atoms with Crippen molar-refractivity contribution in [1.29, 1.82) is 0 Å². The molecule has 1 atom stereocenters. The Labute approximate surface area is 121 Å². The molecular formula is C11H8BrN3OS2. The summed E-state index contributed by atoms with van der Waals surface area (Å²) in [6.45, 7) is 0. The number of nitrogens with zero attached hydrogens (tertiary/aromatic N) is 3. The zero-order chi connectivity index (χ0) is 12.5. The summed E-state index contributed by atoms with van der Waals surface area (Å²) >= 11 is 6.49. The SMILES string of the molecule is O=C1CSC2SC(N=Cc3ccc(Br)cc3)=NN12. The van der Waals surface area contributed by atoms with Gasteiger partial charge in [0.05, 0.1) is 5.75 Å². The van der Waals surface area contributed by atoms with E-state index in [9.17, 15) is 4.79 Å². The summed E-state index contributed by atoms with van der Waals surface area (Å²) in [5.74, 6) is 0.580. The molecule has 2 aliphatic heterocycles. The Kier molecular flexibility index (Phi) is 3.45. The maximum absolute atomic E-state index is 11.4. The normalized spacial score (nSPS) is 22.7. The lowest BCUT2D eigenvalue weighted by Crippen LogP contribution is -2.21. The van der Waals surface area contributed by atoms with E-state index in [0.29, 0.717) is 10.9 Å². The Balaban J connectivity index is 1.72. The van der Waals surface area contributed by atoms with E-state index in [-0.39, 0.29) is 10.6 Å². The topological polar surface area (TPSA) is 45.0 Å². The fourth-order valence-corrected chi connectivity index (χ4v) is 3.94. The van der Waals surface area contributed by atoms with Crippen LogP contribution in [0.5, 0.6) is 0 Å². The summed E-state index contributed by atoms with van der Waals surface area (Å²) < 4.78 is 1.12. The standard InChI is InChI=1S/C11H8BrN3OS2/c12-8-3-1-7(2-4-8)5-13-10-14-15-9(16)6-17-11(15)18-10/h1-5,11H,6H2. The first kappa shape index (κ1) is 12.3. The number of hydrazone groups is 1. The van der Waals surface area contributed by atoms with E-state index in [1.54, 1.807) is 18.0 Å². The molecule has 0 aromatic heterocycles. The maximum Gasteiger partial charge on any atom is 0.254 e. The van der Waals surface area contributed by atoms with Gasteiger partial charge in [0.2, 0.25) is 5.17 Å². The Bertz CT molecular complexity index is 544. The molecule has 3 rings (SSSR count). The maximum atomic E-state index is 11.4. The number of aliphatic imine (C=N–C) groups is 1. The molecule has 0 N–H and O–H groups in total. The number of rotatable bonds is 1. The van der Waals surface area contributed by atoms with Crippen LogP contribution in [0.25, 0.3) is 0 Å². The molecule has 1 unspecified atom stereocenters. The number of carbonyl (C=O) groups excluding carboxylic acids is 1. The minimum Gasteiger partial charge on any atom is -0.272 e. The molecule has 18 heavy (non-hydrogen) atoms. The van der Waals surface area contributed by atoms with Crippen LogP contribution in [0.1, 0.15) is 5.56 Å². The Morgan fingerprint density at radius 2 is 2.22 bits per heavy atom. The highest BCUT2D eigenvalue weighted by atomic mass is 79.9. The molecule has 2 aliphatic rings. The second-order valence-electron chi connectivity index (χ2n) is 3.67. The van der Waals surface area contributed by atoms with Gasteiger partial charge in [-0.3, -0.25) is 4.79 Å². The van der Waals surface area contributed by atoms with E-state index in [4.69, 9.17) is 0 Å². The van der Waals surface area contributed by atoms with Crippen LogP contribution in [0.3, 0.4) is 0 Å². The number of thioether (sulfide) groups is 2. The fourth-order valence-electron chi connectivity index (χ4n) is 1.52. The van der Waals surface area contributed by atoms with Gasteiger partial charge in [-0.25, -0.2) is 10.0 Å². The number of amides is 1. The molecule has 7 heteroatoms. The van der Waals surface area contributed by atoms with Gasteiger partial charge >= 0.3 is 0 Å². The van der Waals surface area contributed by atoms with Gasteiger partial charge in [0.15, 0.2) is 4.71 Å². The molecule has 92 valence electrons. The largest absolute Gasteiger partial charge is 0.272 e. The zero-order valence-corrected chi connectivity index (χ0v) is 12.3. The van der Waals surface area contributed by atoms with Crippen LogP contribution in [0.15, 0.2) is 38.8 Å². The molecule has 0 saturated carbocycles. The number of amidine groups is 1. The number of hydrogen-bond acceptors (Lipinski definition) is 5. The van der Waals surface area contributed by atoms with Crippen LogP contribution >= 0.6 is 39.5 Å². The molecule has 1 aromatic carbocycles. The first-order valence-electron chi connectivity index (χ1n) is 5.21. The molecule has 1 saturated heterocycles. The average molecular weight is 342 g/mol. The number of fused-ring (bicyclic) bond motifs is 1. The number of benzene rings is 1. The predicted octanol–water partition coefficient (Wildman–Crippen LogP) is 2.74. The van der Waals surface area contributed by atoms with Crippen molar-refractivity contribution in [2.24, 2.45) is 10.1 Å². The highest BCUT2D eigenvalue weighted by Gasteiger charge is 2.38. The summed E-state index contributed by atoms with van der Waals surface area (Å²) in [6.07, 6.45) is 1.76. The lowest BCUT2D eigenvalue weighted by atomic mass is 10.2. The quantitative estimate of drug-likeness (QED) is 0.737. The third-order valence-electron chi connectivity index (χ3n) is 2.40. The second-order valence-corrected chi connectivity index (χ2v) is 7.00. The third kappa shape index (κ3) is 2.48. The Morgan fingerprint density at radius 3 is 2.94 bits per heavy atom. The van der Waals surface area contributed by atoms with Gasteiger partial charge in [-0.1, -0.05) is 28.1 Å². The van der Waals surface area contributed by atoms with Crippen LogP contribution in [-0.2, 0) is 4.79 Å².